The van der Waals surface area contributed by atoms with Gasteiger partial charge in [-0.2, -0.15) is 0 Å². The second kappa shape index (κ2) is 2.87. The first-order chi connectivity index (χ1) is 6.61. The van der Waals surface area contributed by atoms with E-state index in [9.17, 15) is 4.79 Å². The van der Waals surface area contributed by atoms with Crippen LogP contribution in [0.5, 0.6) is 0 Å². The molecule has 0 atom stereocenters. The Kier molecular flexibility index (Phi) is 1.81. The second-order valence-electron chi connectivity index (χ2n) is 3.46. The molecule has 2 N–H and O–H groups in total. The van der Waals surface area contributed by atoms with Gasteiger partial charge < -0.3 is 10.1 Å². The molecule has 0 bridgehead atoms. The zero-order valence-corrected chi connectivity index (χ0v) is 8.09. The summed E-state index contributed by atoms with van der Waals surface area (Å²) < 4.78 is 0. The molecule has 2 rings (SSSR count). The van der Waals surface area contributed by atoms with Gasteiger partial charge in [-0.1, -0.05) is 12.1 Å². The molecule has 0 saturated carbocycles. The minimum absolute atomic E-state index is 0.348. The number of carboxylic acids is 1. The Hall–Kier alpha value is -1.77. The first kappa shape index (κ1) is 8.81. The molecule has 0 amide bonds. The van der Waals surface area contributed by atoms with E-state index in [1.807, 2.05) is 26.0 Å². The van der Waals surface area contributed by atoms with Gasteiger partial charge in [-0.15, -0.1) is 0 Å². The minimum atomic E-state index is -0.884. The van der Waals surface area contributed by atoms with E-state index >= 15 is 0 Å². The minimum Gasteiger partial charge on any atom is -0.478 e. The lowest BCUT2D eigenvalue weighted by molar-refractivity contribution is 0.0699. The van der Waals surface area contributed by atoms with Crippen molar-refractivity contribution in [2.24, 2.45) is 0 Å². The number of H-pyrrole nitrogens is 1. The zero-order chi connectivity index (χ0) is 10.3. The molecular formula is C11H11NO2. The van der Waals surface area contributed by atoms with Gasteiger partial charge in [0.05, 0.1) is 5.56 Å². The van der Waals surface area contributed by atoms with Crippen molar-refractivity contribution in [2.75, 3.05) is 0 Å². The normalized spacial score (nSPS) is 10.7. The predicted octanol–water partition coefficient (Wildman–Crippen LogP) is 2.48. The van der Waals surface area contributed by atoms with Crippen LogP contribution in [0.2, 0.25) is 0 Å². The molecule has 1 aromatic carbocycles. The molecule has 3 heteroatoms. The Morgan fingerprint density at radius 1 is 1.29 bits per heavy atom. The van der Waals surface area contributed by atoms with E-state index in [0.29, 0.717) is 5.56 Å². The van der Waals surface area contributed by atoms with Crippen LogP contribution in [0.4, 0.5) is 0 Å². The van der Waals surface area contributed by atoms with Crippen LogP contribution in [0.15, 0.2) is 18.3 Å². The average molecular weight is 189 g/mol. The number of carboxylic acid groups (broad SMARTS) is 1. The lowest BCUT2D eigenvalue weighted by Crippen LogP contribution is -1.94. The molecule has 2 aromatic rings. The van der Waals surface area contributed by atoms with Crippen molar-refractivity contribution < 1.29 is 9.90 Å². The number of hydrogen-bond acceptors (Lipinski definition) is 1. The van der Waals surface area contributed by atoms with Crippen LogP contribution in [0.3, 0.4) is 0 Å². The quantitative estimate of drug-likeness (QED) is 0.724. The van der Waals surface area contributed by atoms with Crippen molar-refractivity contribution in [2.45, 2.75) is 13.8 Å². The SMILES string of the molecule is Cc1ccc(C)c2c(C(=O)O)c[nH]c12. The van der Waals surface area contributed by atoms with Crippen molar-refractivity contribution in [1.82, 2.24) is 4.98 Å². The summed E-state index contributed by atoms with van der Waals surface area (Å²) in [7, 11) is 0. The largest absolute Gasteiger partial charge is 0.478 e. The summed E-state index contributed by atoms with van der Waals surface area (Å²) in [6.07, 6.45) is 1.55. The van der Waals surface area contributed by atoms with E-state index in [1.54, 1.807) is 6.20 Å². The topological polar surface area (TPSA) is 53.1 Å². The van der Waals surface area contributed by atoms with Crippen LogP contribution in [-0.4, -0.2) is 16.1 Å². The lowest BCUT2D eigenvalue weighted by Gasteiger charge is -2.00. The summed E-state index contributed by atoms with van der Waals surface area (Å²) in [5, 5.41) is 9.78. The van der Waals surface area contributed by atoms with Gasteiger partial charge >= 0.3 is 5.97 Å². The van der Waals surface area contributed by atoms with E-state index < -0.39 is 5.97 Å². The number of aromatic amines is 1. The fourth-order valence-corrected chi connectivity index (χ4v) is 1.73. The van der Waals surface area contributed by atoms with E-state index in [-0.39, 0.29) is 0 Å². The molecule has 0 radical (unpaired) electrons. The van der Waals surface area contributed by atoms with Crippen molar-refractivity contribution >= 4 is 16.9 Å². The Labute approximate surface area is 81.4 Å². The lowest BCUT2D eigenvalue weighted by atomic mass is 10.0. The number of aryl methyl sites for hydroxylation is 2. The van der Waals surface area contributed by atoms with Crippen LogP contribution in [0, 0.1) is 13.8 Å². The molecule has 1 heterocycles. The summed E-state index contributed by atoms with van der Waals surface area (Å²) in [5.74, 6) is -0.884. The van der Waals surface area contributed by atoms with E-state index in [1.165, 1.54) is 0 Å². The Morgan fingerprint density at radius 3 is 2.57 bits per heavy atom. The monoisotopic (exact) mass is 189 g/mol. The molecule has 0 aliphatic rings. The summed E-state index contributed by atoms with van der Waals surface area (Å²) in [6, 6.07) is 3.93. The number of carbonyl (C=O) groups is 1. The number of hydrogen-bond donors (Lipinski definition) is 2. The van der Waals surface area contributed by atoms with E-state index in [2.05, 4.69) is 4.98 Å². The molecule has 0 aliphatic heterocycles. The summed E-state index contributed by atoms with van der Waals surface area (Å²) >= 11 is 0. The first-order valence-electron chi connectivity index (χ1n) is 4.42. The van der Waals surface area contributed by atoms with Crippen LogP contribution >= 0.6 is 0 Å². The molecule has 14 heavy (non-hydrogen) atoms. The second-order valence-corrected chi connectivity index (χ2v) is 3.46. The average Bonchev–Trinajstić information content (AvgIpc) is 2.56. The molecule has 0 aliphatic carbocycles. The highest BCUT2D eigenvalue weighted by Gasteiger charge is 2.13. The third-order valence-corrected chi connectivity index (χ3v) is 2.48. The zero-order valence-electron chi connectivity index (χ0n) is 8.09. The maximum absolute atomic E-state index is 10.9. The molecule has 72 valence electrons. The van der Waals surface area contributed by atoms with Crippen molar-refractivity contribution in [1.29, 1.82) is 0 Å². The Morgan fingerprint density at radius 2 is 1.93 bits per heavy atom. The maximum Gasteiger partial charge on any atom is 0.337 e. The van der Waals surface area contributed by atoms with Gasteiger partial charge in [0, 0.05) is 17.1 Å². The summed E-state index contributed by atoms with van der Waals surface area (Å²) in [5.41, 5.74) is 3.32. The van der Waals surface area contributed by atoms with Gasteiger partial charge in [0.1, 0.15) is 0 Å². The maximum atomic E-state index is 10.9. The highest BCUT2D eigenvalue weighted by atomic mass is 16.4. The van der Waals surface area contributed by atoms with Crippen LogP contribution in [0.25, 0.3) is 10.9 Å². The molecular weight excluding hydrogens is 178 g/mol. The van der Waals surface area contributed by atoms with Crippen molar-refractivity contribution in [3.8, 4) is 0 Å². The van der Waals surface area contributed by atoms with Gasteiger partial charge in [-0.3, -0.25) is 0 Å². The molecule has 3 nitrogen and oxygen atoms in total. The number of rotatable bonds is 1. The van der Waals surface area contributed by atoms with Gasteiger partial charge in [0.2, 0.25) is 0 Å². The fourth-order valence-electron chi connectivity index (χ4n) is 1.73. The predicted molar refractivity (Wildman–Crippen MR) is 54.7 cm³/mol. The van der Waals surface area contributed by atoms with E-state index in [4.69, 9.17) is 5.11 Å². The van der Waals surface area contributed by atoms with Crippen LogP contribution in [0.1, 0.15) is 21.5 Å². The van der Waals surface area contributed by atoms with Gasteiger partial charge in [-0.25, -0.2) is 4.79 Å². The molecule has 0 unspecified atom stereocenters. The third kappa shape index (κ3) is 1.09. The Bertz CT molecular complexity index is 511. The Balaban J connectivity index is 2.90. The molecule has 0 spiro atoms. The molecule has 0 saturated heterocycles. The smallest absolute Gasteiger partial charge is 0.337 e. The standard InChI is InChI=1S/C11H11NO2/c1-6-3-4-7(2)10-9(6)8(5-12-10)11(13)14/h3-5,12H,1-2H3,(H,13,14). The highest BCUT2D eigenvalue weighted by Crippen LogP contribution is 2.24. The first-order valence-corrected chi connectivity index (χ1v) is 4.42. The van der Waals surface area contributed by atoms with Crippen LogP contribution < -0.4 is 0 Å². The number of aromatic nitrogens is 1. The molecule has 0 fully saturated rings. The number of nitrogens with one attached hydrogen (secondary N) is 1. The third-order valence-electron chi connectivity index (χ3n) is 2.48. The fraction of sp³-hybridized carbons (Fsp3) is 0.182. The van der Waals surface area contributed by atoms with Crippen molar-refractivity contribution in [3.05, 3.63) is 35.0 Å². The van der Waals surface area contributed by atoms with Gasteiger partial charge in [-0.05, 0) is 25.0 Å². The summed E-state index contributed by atoms with van der Waals surface area (Å²) in [4.78, 5) is 13.9. The number of benzene rings is 1. The van der Waals surface area contributed by atoms with Gasteiger partial charge in [0.15, 0.2) is 0 Å². The highest BCUT2D eigenvalue weighted by molar-refractivity contribution is 6.05. The number of fused-ring (bicyclic) bond motifs is 1. The summed E-state index contributed by atoms with van der Waals surface area (Å²) in [6.45, 7) is 3.88. The molecule has 1 aromatic heterocycles. The number of aromatic carboxylic acids is 1. The van der Waals surface area contributed by atoms with Crippen molar-refractivity contribution in [3.63, 3.8) is 0 Å². The van der Waals surface area contributed by atoms with E-state index in [0.717, 1.165) is 22.0 Å². The van der Waals surface area contributed by atoms with Crippen LogP contribution in [-0.2, 0) is 0 Å². The van der Waals surface area contributed by atoms with Gasteiger partial charge in [0.25, 0.3) is 0 Å².